The van der Waals surface area contributed by atoms with Gasteiger partial charge < -0.3 is 4.52 Å². The molecule has 0 amide bonds. The first-order chi connectivity index (χ1) is 9.86. The zero-order valence-corrected chi connectivity index (χ0v) is 11.5. The minimum absolute atomic E-state index is 0.0443. The molecule has 1 aromatic heterocycles. The minimum atomic E-state index is -1.56. The molecule has 1 heterocycles. The van der Waals surface area contributed by atoms with E-state index in [9.17, 15) is 18.0 Å². The zero-order chi connectivity index (χ0) is 15.6. The maximum absolute atomic E-state index is 13.1. The van der Waals surface area contributed by atoms with Crippen LogP contribution in [0.15, 0.2) is 16.7 Å². The molecule has 2 aromatic rings. The van der Waals surface area contributed by atoms with Crippen molar-refractivity contribution in [1.29, 1.82) is 0 Å². The molecule has 0 saturated heterocycles. The third kappa shape index (κ3) is 3.68. The van der Waals surface area contributed by atoms with E-state index in [-0.39, 0.29) is 35.4 Å². The van der Waals surface area contributed by atoms with Crippen molar-refractivity contribution in [2.45, 2.75) is 26.7 Å². The van der Waals surface area contributed by atoms with Crippen molar-refractivity contribution >= 4 is 5.78 Å². The monoisotopic (exact) mass is 298 g/mol. The Hall–Kier alpha value is -2.18. The van der Waals surface area contributed by atoms with Crippen molar-refractivity contribution in [3.05, 3.63) is 35.5 Å². The number of carbonyl (C=O) groups is 1. The third-order valence-electron chi connectivity index (χ3n) is 2.69. The van der Waals surface area contributed by atoms with Gasteiger partial charge in [0.25, 0.3) is 0 Å². The number of aromatic nitrogens is 2. The van der Waals surface area contributed by atoms with Gasteiger partial charge in [-0.2, -0.15) is 4.98 Å². The summed E-state index contributed by atoms with van der Waals surface area (Å²) in [7, 11) is 0. The lowest BCUT2D eigenvalue weighted by Gasteiger charge is -2.00. The van der Waals surface area contributed by atoms with E-state index in [1.807, 2.05) is 13.8 Å². The summed E-state index contributed by atoms with van der Waals surface area (Å²) >= 11 is 0. The van der Waals surface area contributed by atoms with E-state index in [1.54, 1.807) is 0 Å². The first-order valence-corrected chi connectivity index (χ1v) is 6.36. The fourth-order valence-electron chi connectivity index (χ4n) is 1.82. The quantitative estimate of drug-likeness (QED) is 0.795. The Bertz CT molecular complexity index is 645. The first-order valence-electron chi connectivity index (χ1n) is 6.36. The smallest absolute Gasteiger partial charge is 0.234 e. The summed E-state index contributed by atoms with van der Waals surface area (Å²) in [5, 5.41) is 3.54. The van der Waals surface area contributed by atoms with E-state index < -0.39 is 17.5 Å². The van der Waals surface area contributed by atoms with E-state index in [0.717, 1.165) is 12.1 Å². The maximum Gasteiger partial charge on any atom is 0.234 e. The molecule has 0 aliphatic heterocycles. The number of rotatable bonds is 5. The highest BCUT2D eigenvalue weighted by Gasteiger charge is 2.17. The summed E-state index contributed by atoms with van der Waals surface area (Å²) in [6, 6.07) is 1.53. The van der Waals surface area contributed by atoms with Crippen LogP contribution in [-0.4, -0.2) is 15.9 Å². The Morgan fingerprint density at radius 1 is 1.24 bits per heavy atom. The van der Waals surface area contributed by atoms with Crippen molar-refractivity contribution in [3.63, 3.8) is 0 Å². The van der Waals surface area contributed by atoms with Crippen LogP contribution in [-0.2, 0) is 11.2 Å². The summed E-state index contributed by atoms with van der Waals surface area (Å²) in [6.07, 6.45) is 0.328. The SMILES string of the molecule is CC(C)CC(=O)Cc1nc(-c2cc(F)c(F)c(F)c2)no1. The lowest BCUT2D eigenvalue weighted by atomic mass is 10.1. The summed E-state index contributed by atoms with van der Waals surface area (Å²) in [6.45, 7) is 3.81. The molecule has 0 aliphatic rings. The number of ketones is 1. The molecule has 0 unspecified atom stereocenters. The highest BCUT2D eigenvalue weighted by molar-refractivity contribution is 5.80. The molecule has 0 atom stereocenters. The molecule has 21 heavy (non-hydrogen) atoms. The van der Waals surface area contributed by atoms with Crippen molar-refractivity contribution < 1.29 is 22.5 Å². The van der Waals surface area contributed by atoms with Gasteiger partial charge in [0.15, 0.2) is 17.5 Å². The molecule has 2 rings (SSSR count). The van der Waals surface area contributed by atoms with Gasteiger partial charge >= 0.3 is 0 Å². The number of benzene rings is 1. The second-order valence-corrected chi connectivity index (χ2v) is 5.08. The molecule has 0 aliphatic carbocycles. The van der Waals surface area contributed by atoms with Gasteiger partial charge in [-0.1, -0.05) is 19.0 Å². The van der Waals surface area contributed by atoms with Gasteiger partial charge in [-0.05, 0) is 18.1 Å². The van der Waals surface area contributed by atoms with Gasteiger partial charge in [-0.15, -0.1) is 0 Å². The fourth-order valence-corrected chi connectivity index (χ4v) is 1.82. The van der Waals surface area contributed by atoms with Crippen LogP contribution in [0.5, 0.6) is 0 Å². The van der Waals surface area contributed by atoms with Crippen LogP contribution >= 0.6 is 0 Å². The third-order valence-corrected chi connectivity index (χ3v) is 2.69. The molecule has 7 heteroatoms. The Kier molecular flexibility index (Phi) is 4.40. The van der Waals surface area contributed by atoms with Crippen molar-refractivity contribution in [2.75, 3.05) is 0 Å². The minimum Gasteiger partial charge on any atom is -0.339 e. The van der Waals surface area contributed by atoms with E-state index in [1.165, 1.54) is 0 Å². The number of nitrogens with zero attached hydrogens (tertiary/aromatic N) is 2. The van der Waals surface area contributed by atoms with E-state index >= 15 is 0 Å². The molecule has 0 spiro atoms. The van der Waals surface area contributed by atoms with Crippen LogP contribution in [0.4, 0.5) is 13.2 Å². The van der Waals surface area contributed by atoms with Crippen molar-refractivity contribution in [1.82, 2.24) is 10.1 Å². The zero-order valence-electron chi connectivity index (χ0n) is 11.5. The molecule has 4 nitrogen and oxygen atoms in total. The Morgan fingerprint density at radius 3 is 2.43 bits per heavy atom. The predicted octanol–water partition coefficient (Wildman–Crippen LogP) is 3.31. The number of carbonyl (C=O) groups excluding carboxylic acids is 1. The maximum atomic E-state index is 13.1. The average Bonchev–Trinajstić information content (AvgIpc) is 2.82. The topological polar surface area (TPSA) is 56.0 Å². The summed E-state index contributed by atoms with van der Waals surface area (Å²) in [4.78, 5) is 15.5. The van der Waals surface area contributed by atoms with E-state index in [2.05, 4.69) is 10.1 Å². The molecule has 0 N–H and O–H groups in total. The van der Waals surface area contributed by atoms with Crippen LogP contribution in [0, 0.1) is 23.4 Å². The molecule has 112 valence electrons. The van der Waals surface area contributed by atoms with Gasteiger partial charge in [0, 0.05) is 12.0 Å². The van der Waals surface area contributed by atoms with Gasteiger partial charge in [0.05, 0.1) is 6.42 Å². The van der Waals surface area contributed by atoms with Crippen LogP contribution in [0.3, 0.4) is 0 Å². The number of hydrogen-bond donors (Lipinski definition) is 0. The standard InChI is InChI=1S/C14H13F3N2O2/c1-7(2)3-9(20)6-12-18-14(19-21-12)8-4-10(15)13(17)11(16)5-8/h4-5,7H,3,6H2,1-2H3. The summed E-state index contributed by atoms with van der Waals surface area (Å²) in [5.74, 6) is -4.15. The molecular weight excluding hydrogens is 285 g/mol. The largest absolute Gasteiger partial charge is 0.339 e. The first kappa shape index (κ1) is 15.2. The van der Waals surface area contributed by atoms with Gasteiger partial charge in [-0.3, -0.25) is 4.79 Å². The van der Waals surface area contributed by atoms with E-state index in [0.29, 0.717) is 6.42 Å². The molecule has 0 bridgehead atoms. The molecule has 0 fully saturated rings. The second kappa shape index (κ2) is 6.07. The lowest BCUT2D eigenvalue weighted by molar-refractivity contribution is -0.119. The van der Waals surface area contributed by atoms with Crippen LogP contribution < -0.4 is 0 Å². The molecule has 0 radical (unpaired) electrons. The number of Topliss-reactive ketones (excluding diaryl/α,β-unsaturated/α-hetero) is 1. The van der Waals surface area contributed by atoms with Crippen molar-refractivity contribution in [3.8, 4) is 11.4 Å². The number of halogens is 3. The van der Waals surface area contributed by atoms with Gasteiger partial charge in [0.1, 0.15) is 5.78 Å². The summed E-state index contributed by atoms with van der Waals surface area (Å²) < 4.78 is 44.0. The predicted molar refractivity (Wildman–Crippen MR) is 67.8 cm³/mol. The molecular formula is C14H13F3N2O2. The highest BCUT2D eigenvalue weighted by Crippen LogP contribution is 2.21. The highest BCUT2D eigenvalue weighted by atomic mass is 19.2. The van der Waals surface area contributed by atoms with Crippen LogP contribution in [0.25, 0.3) is 11.4 Å². The van der Waals surface area contributed by atoms with Gasteiger partial charge in [-0.25, -0.2) is 13.2 Å². The lowest BCUT2D eigenvalue weighted by Crippen LogP contribution is -2.06. The normalized spacial score (nSPS) is 11.1. The van der Waals surface area contributed by atoms with Gasteiger partial charge in [0.2, 0.25) is 11.7 Å². The van der Waals surface area contributed by atoms with Crippen LogP contribution in [0.1, 0.15) is 26.2 Å². The van der Waals surface area contributed by atoms with E-state index in [4.69, 9.17) is 4.52 Å². The number of hydrogen-bond acceptors (Lipinski definition) is 4. The van der Waals surface area contributed by atoms with Crippen LogP contribution in [0.2, 0.25) is 0 Å². The molecule has 0 saturated carbocycles. The molecule has 1 aromatic carbocycles. The fraction of sp³-hybridized carbons (Fsp3) is 0.357. The second-order valence-electron chi connectivity index (χ2n) is 5.08. The summed E-state index contributed by atoms with van der Waals surface area (Å²) in [5.41, 5.74) is -0.0577. The Balaban J connectivity index is 2.18. The van der Waals surface area contributed by atoms with Crippen molar-refractivity contribution in [2.24, 2.45) is 5.92 Å². The average molecular weight is 298 g/mol. The Morgan fingerprint density at radius 2 is 1.86 bits per heavy atom. The Labute approximate surface area is 119 Å².